The summed E-state index contributed by atoms with van der Waals surface area (Å²) in [6.45, 7) is 1.79. The van der Waals surface area contributed by atoms with Crippen molar-refractivity contribution in [2.45, 2.75) is 49.6 Å². The summed E-state index contributed by atoms with van der Waals surface area (Å²) in [6, 6.07) is 11.2. The van der Waals surface area contributed by atoms with Crippen molar-refractivity contribution < 1.29 is 22.7 Å². The minimum atomic E-state index is -4.08. The average molecular weight is 516 g/mol. The van der Waals surface area contributed by atoms with Crippen molar-refractivity contribution in [2.75, 3.05) is 13.7 Å². The highest BCUT2D eigenvalue weighted by Crippen LogP contribution is 2.39. The van der Waals surface area contributed by atoms with Crippen LogP contribution >= 0.6 is 11.6 Å². The van der Waals surface area contributed by atoms with E-state index in [1.165, 1.54) is 22.5 Å². The molecule has 0 spiro atoms. The van der Waals surface area contributed by atoms with Gasteiger partial charge in [0.1, 0.15) is 22.5 Å². The number of aryl methyl sites for hydroxylation is 1. The molecule has 0 aromatic heterocycles. The number of amides is 2. The highest BCUT2D eigenvalue weighted by molar-refractivity contribution is 7.89. The predicted octanol–water partition coefficient (Wildman–Crippen LogP) is 3.29. The summed E-state index contributed by atoms with van der Waals surface area (Å²) in [5.74, 6) is -0.0489. The lowest BCUT2D eigenvalue weighted by Crippen LogP contribution is -2.60. The summed E-state index contributed by atoms with van der Waals surface area (Å²) >= 11 is 6.02. The van der Waals surface area contributed by atoms with Crippen LogP contribution in [0.3, 0.4) is 0 Å². The highest BCUT2D eigenvalue weighted by atomic mass is 35.5. The van der Waals surface area contributed by atoms with E-state index in [9.17, 15) is 18.0 Å². The lowest BCUT2D eigenvalue weighted by molar-refractivity contribution is -0.147. The second kappa shape index (κ2) is 8.87. The number of rotatable bonds is 6. The summed E-state index contributed by atoms with van der Waals surface area (Å²) in [6.07, 6.45) is 3.45. The number of halogens is 1. The van der Waals surface area contributed by atoms with Crippen molar-refractivity contribution in [1.82, 2.24) is 14.1 Å². The number of hydrogen-bond donors (Lipinski definition) is 0. The van der Waals surface area contributed by atoms with Crippen LogP contribution < -0.4 is 4.74 Å². The van der Waals surface area contributed by atoms with Crippen LogP contribution in [0.4, 0.5) is 0 Å². The van der Waals surface area contributed by atoms with Crippen LogP contribution in [0.25, 0.3) is 0 Å². The molecule has 35 heavy (non-hydrogen) atoms. The topological polar surface area (TPSA) is 87.2 Å². The number of sulfonamides is 1. The fourth-order valence-electron chi connectivity index (χ4n) is 4.62. The molecule has 2 aliphatic heterocycles. The van der Waals surface area contributed by atoms with Crippen molar-refractivity contribution in [3.63, 3.8) is 0 Å². The van der Waals surface area contributed by atoms with Crippen LogP contribution in [0, 0.1) is 6.92 Å². The van der Waals surface area contributed by atoms with Crippen LogP contribution in [0.15, 0.2) is 59.4 Å². The molecule has 2 aromatic rings. The number of nitrogens with zero attached hydrogens (tertiary/aromatic N) is 3. The van der Waals surface area contributed by atoms with Crippen molar-refractivity contribution in [3.05, 3.63) is 70.6 Å². The van der Waals surface area contributed by atoms with Gasteiger partial charge in [-0.3, -0.25) is 14.5 Å². The Morgan fingerprint density at radius 3 is 2.46 bits per heavy atom. The molecular formula is C25H26ClN3O5S. The zero-order valence-electron chi connectivity index (χ0n) is 19.5. The summed E-state index contributed by atoms with van der Waals surface area (Å²) in [7, 11) is -2.66. The van der Waals surface area contributed by atoms with Crippen LogP contribution in [0.2, 0.25) is 5.02 Å². The van der Waals surface area contributed by atoms with Gasteiger partial charge in [0.05, 0.1) is 7.11 Å². The molecule has 10 heteroatoms. The summed E-state index contributed by atoms with van der Waals surface area (Å²) < 4.78 is 34.4. The monoisotopic (exact) mass is 515 g/mol. The van der Waals surface area contributed by atoms with Gasteiger partial charge in [-0.25, -0.2) is 12.7 Å². The van der Waals surface area contributed by atoms with Gasteiger partial charge in [0.15, 0.2) is 0 Å². The van der Waals surface area contributed by atoms with E-state index in [2.05, 4.69) is 0 Å². The molecule has 1 atom stereocenters. The molecule has 1 aliphatic carbocycles. The van der Waals surface area contributed by atoms with Gasteiger partial charge < -0.3 is 9.64 Å². The Morgan fingerprint density at radius 1 is 1.09 bits per heavy atom. The van der Waals surface area contributed by atoms with Crippen LogP contribution in [-0.2, 0) is 26.0 Å². The second-order valence-corrected chi connectivity index (χ2v) is 11.3. The minimum Gasteiger partial charge on any atom is -0.495 e. The largest absolute Gasteiger partial charge is 0.495 e. The lowest BCUT2D eigenvalue weighted by Gasteiger charge is -2.46. The molecule has 2 fully saturated rings. The van der Waals surface area contributed by atoms with E-state index >= 15 is 0 Å². The van der Waals surface area contributed by atoms with Gasteiger partial charge >= 0.3 is 0 Å². The first kappa shape index (κ1) is 23.7. The van der Waals surface area contributed by atoms with Gasteiger partial charge in [-0.2, -0.15) is 0 Å². The lowest BCUT2D eigenvalue weighted by atomic mass is 10.0. The Bertz CT molecular complexity index is 1320. The normalized spacial score (nSPS) is 20.6. The van der Waals surface area contributed by atoms with Crippen LogP contribution in [-0.4, -0.2) is 60.1 Å². The fraction of sp³-hybridized carbons (Fsp3) is 0.360. The first-order valence-electron chi connectivity index (χ1n) is 11.5. The Morgan fingerprint density at radius 2 is 1.80 bits per heavy atom. The zero-order chi connectivity index (χ0) is 24.9. The molecular weight excluding hydrogens is 490 g/mol. The van der Waals surface area contributed by atoms with Gasteiger partial charge in [-0.05, 0) is 55.2 Å². The van der Waals surface area contributed by atoms with Crippen molar-refractivity contribution in [1.29, 1.82) is 0 Å². The molecule has 2 aromatic carbocycles. The molecule has 5 rings (SSSR count). The summed E-state index contributed by atoms with van der Waals surface area (Å²) in [4.78, 5) is 29.7. The number of methoxy groups -OCH3 is 1. The standard InChI is InChI=1S/C25H26ClN3O5S/c1-16-3-10-21(34-2)22(13-16)35(32,33)28-12-11-24(30)29-20(14-17-4-6-18(26)7-5-17)25(31)27(15-23(28)29)19-8-9-19/h3-7,10,13,15,19-20H,8-9,11-12,14H2,1-2H3. The number of ether oxygens (including phenoxy) is 1. The molecule has 2 heterocycles. The Labute approximate surface area is 209 Å². The maximum absolute atomic E-state index is 13.9. The number of fused-ring (bicyclic) bond motifs is 1. The number of carbonyl (C=O) groups is 2. The van der Waals surface area contributed by atoms with E-state index in [1.807, 2.05) is 12.1 Å². The van der Waals surface area contributed by atoms with Crippen molar-refractivity contribution in [3.8, 4) is 5.75 Å². The van der Waals surface area contributed by atoms with Crippen LogP contribution in [0.5, 0.6) is 5.75 Å². The number of hydrogen-bond acceptors (Lipinski definition) is 5. The van der Waals surface area contributed by atoms with Crippen LogP contribution in [0.1, 0.15) is 30.4 Å². The van der Waals surface area contributed by atoms with Crippen molar-refractivity contribution >= 4 is 33.4 Å². The number of carbonyl (C=O) groups excluding carboxylic acids is 2. The SMILES string of the molecule is COc1ccc(C)cc1S(=O)(=O)N1CCC(=O)N2C1=CN(C1CC1)C(=O)C2Cc1ccc(Cl)cc1. The average Bonchev–Trinajstić information content (AvgIpc) is 3.67. The Balaban J connectivity index is 1.59. The summed E-state index contributed by atoms with van der Waals surface area (Å²) in [5, 5.41) is 0.572. The van der Waals surface area contributed by atoms with Gasteiger partial charge in [0.25, 0.3) is 10.0 Å². The third kappa shape index (κ3) is 4.27. The first-order chi connectivity index (χ1) is 16.7. The smallest absolute Gasteiger partial charge is 0.269 e. The second-order valence-electron chi connectivity index (χ2n) is 9.06. The highest BCUT2D eigenvalue weighted by Gasteiger charge is 2.49. The van der Waals surface area contributed by atoms with E-state index in [4.69, 9.17) is 16.3 Å². The maximum Gasteiger partial charge on any atom is 0.269 e. The molecule has 184 valence electrons. The van der Waals surface area contributed by atoms with Crippen molar-refractivity contribution in [2.24, 2.45) is 0 Å². The Kier molecular flexibility index (Phi) is 6.01. The minimum absolute atomic E-state index is 0.0129. The molecule has 1 unspecified atom stereocenters. The third-order valence-corrected chi connectivity index (χ3v) is 8.65. The molecule has 2 amide bonds. The third-order valence-electron chi connectivity index (χ3n) is 6.58. The number of benzene rings is 2. The quantitative estimate of drug-likeness (QED) is 0.589. The first-order valence-corrected chi connectivity index (χ1v) is 13.3. The molecule has 0 bridgehead atoms. The fourth-order valence-corrected chi connectivity index (χ4v) is 6.44. The van der Waals surface area contributed by atoms with E-state index in [1.54, 1.807) is 42.2 Å². The molecule has 0 radical (unpaired) electrons. The molecule has 8 nitrogen and oxygen atoms in total. The Hall–Kier alpha value is -3.04. The van der Waals surface area contributed by atoms with Gasteiger partial charge in [0, 0.05) is 36.7 Å². The summed E-state index contributed by atoms with van der Waals surface area (Å²) in [5.41, 5.74) is 1.60. The molecule has 3 aliphatic rings. The van der Waals surface area contributed by atoms with Gasteiger partial charge in [-0.15, -0.1) is 0 Å². The van der Waals surface area contributed by atoms with E-state index in [0.29, 0.717) is 5.02 Å². The van der Waals surface area contributed by atoms with E-state index < -0.39 is 16.1 Å². The molecule has 1 saturated heterocycles. The molecule has 1 saturated carbocycles. The van der Waals surface area contributed by atoms with E-state index in [0.717, 1.165) is 24.0 Å². The predicted molar refractivity (Wildman–Crippen MR) is 130 cm³/mol. The van der Waals surface area contributed by atoms with Gasteiger partial charge in [-0.1, -0.05) is 29.8 Å². The zero-order valence-corrected chi connectivity index (χ0v) is 21.1. The molecule has 0 N–H and O–H groups in total. The maximum atomic E-state index is 13.9. The van der Waals surface area contributed by atoms with Gasteiger partial charge in [0.2, 0.25) is 11.8 Å². The van der Waals surface area contributed by atoms with E-state index in [-0.39, 0.29) is 53.7 Å².